The molecule has 2 rings (SSSR count). The summed E-state index contributed by atoms with van der Waals surface area (Å²) in [6.07, 6.45) is 5.06. The third kappa shape index (κ3) is 2.83. The van der Waals surface area contributed by atoms with Gasteiger partial charge in [0.25, 0.3) is 0 Å². The van der Waals surface area contributed by atoms with Gasteiger partial charge in [0.2, 0.25) is 0 Å². The maximum atomic E-state index is 10.4. The van der Waals surface area contributed by atoms with Crippen LogP contribution in [0.25, 0.3) is 0 Å². The summed E-state index contributed by atoms with van der Waals surface area (Å²) in [7, 11) is 1.66. The molecule has 1 aliphatic rings. The highest BCUT2D eigenvalue weighted by molar-refractivity contribution is 5.11. The van der Waals surface area contributed by atoms with Crippen LogP contribution >= 0.6 is 0 Å². The van der Waals surface area contributed by atoms with Crippen molar-refractivity contribution < 1.29 is 14.6 Å². The Labute approximate surface area is 102 Å². The van der Waals surface area contributed by atoms with Crippen LogP contribution < -0.4 is 0 Å². The molecule has 1 atom stereocenters. The van der Waals surface area contributed by atoms with Gasteiger partial charge in [-0.05, 0) is 11.6 Å². The summed E-state index contributed by atoms with van der Waals surface area (Å²) in [4.78, 5) is 4.05. The minimum absolute atomic E-state index is 0.464. The molecule has 1 N–H and O–H groups in total. The van der Waals surface area contributed by atoms with E-state index in [0.717, 1.165) is 18.4 Å². The Kier molecular flexibility index (Phi) is 4.10. The van der Waals surface area contributed by atoms with Crippen molar-refractivity contribution in [1.82, 2.24) is 4.98 Å². The number of aliphatic hydroxyl groups excluding tert-OH is 1. The van der Waals surface area contributed by atoms with Gasteiger partial charge in [-0.3, -0.25) is 4.98 Å². The number of ether oxygens (including phenoxy) is 2. The molecular formula is C13H19NO3. The minimum atomic E-state index is -0.513. The molecule has 1 saturated heterocycles. The lowest BCUT2D eigenvalue weighted by atomic mass is 9.85. The van der Waals surface area contributed by atoms with Gasteiger partial charge < -0.3 is 14.6 Å². The number of methoxy groups -OCH3 is 1. The quantitative estimate of drug-likeness (QED) is 0.854. The molecule has 17 heavy (non-hydrogen) atoms. The standard InChI is InChI=1S/C13H19NO3/c1-16-13(4-7-17-8-5-13)12(15)9-11-3-2-6-14-10-11/h2-3,6,10,12,15H,4-5,7-9H2,1H3. The van der Waals surface area contributed by atoms with Crippen molar-refractivity contribution in [2.75, 3.05) is 20.3 Å². The Balaban J connectivity index is 2.04. The van der Waals surface area contributed by atoms with Gasteiger partial charge in [-0.15, -0.1) is 0 Å². The summed E-state index contributed by atoms with van der Waals surface area (Å²) >= 11 is 0. The van der Waals surface area contributed by atoms with Crippen molar-refractivity contribution in [3.05, 3.63) is 30.1 Å². The second kappa shape index (κ2) is 5.58. The van der Waals surface area contributed by atoms with E-state index in [0.29, 0.717) is 19.6 Å². The topological polar surface area (TPSA) is 51.6 Å². The van der Waals surface area contributed by atoms with Gasteiger partial charge in [0.1, 0.15) is 0 Å². The first-order valence-electron chi connectivity index (χ1n) is 5.97. The van der Waals surface area contributed by atoms with Gasteiger partial charge in [-0.1, -0.05) is 6.07 Å². The summed E-state index contributed by atoms with van der Waals surface area (Å²) < 4.78 is 10.9. The number of nitrogens with zero attached hydrogens (tertiary/aromatic N) is 1. The molecule has 0 aromatic carbocycles. The first-order chi connectivity index (χ1) is 8.27. The first kappa shape index (κ1) is 12.5. The summed E-state index contributed by atoms with van der Waals surface area (Å²) in [5.74, 6) is 0. The molecule has 2 heterocycles. The number of hydrogen-bond donors (Lipinski definition) is 1. The second-order valence-electron chi connectivity index (χ2n) is 4.46. The zero-order valence-electron chi connectivity index (χ0n) is 10.1. The molecule has 0 amide bonds. The van der Waals surface area contributed by atoms with Gasteiger partial charge in [0, 0.05) is 52.0 Å². The molecule has 1 aromatic heterocycles. The lowest BCUT2D eigenvalue weighted by Crippen LogP contribution is -2.49. The number of hydrogen-bond acceptors (Lipinski definition) is 4. The average molecular weight is 237 g/mol. The summed E-state index contributed by atoms with van der Waals surface area (Å²) in [6.45, 7) is 1.30. The molecule has 0 radical (unpaired) electrons. The molecule has 1 fully saturated rings. The molecule has 0 saturated carbocycles. The van der Waals surface area contributed by atoms with Crippen LogP contribution in [-0.2, 0) is 15.9 Å². The average Bonchev–Trinajstić information content (AvgIpc) is 2.40. The van der Waals surface area contributed by atoms with Gasteiger partial charge in [0.05, 0.1) is 11.7 Å². The Hall–Kier alpha value is -0.970. The van der Waals surface area contributed by atoms with Crippen LogP contribution in [0.5, 0.6) is 0 Å². The van der Waals surface area contributed by atoms with Crippen molar-refractivity contribution in [2.45, 2.75) is 31.0 Å². The van der Waals surface area contributed by atoms with Crippen LogP contribution in [0, 0.1) is 0 Å². The fourth-order valence-electron chi connectivity index (χ4n) is 2.32. The van der Waals surface area contributed by atoms with E-state index < -0.39 is 11.7 Å². The third-order valence-electron chi connectivity index (χ3n) is 3.50. The predicted octanol–water partition coefficient (Wildman–Crippen LogP) is 1.18. The predicted molar refractivity (Wildman–Crippen MR) is 63.7 cm³/mol. The van der Waals surface area contributed by atoms with Crippen LogP contribution in [-0.4, -0.2) is 42.1 Å². The fraction of sp³-hybridized carbons (Fsp3) is 0.615. The maximum absolute atomic E-state index is 10.4. The smallest absolute Gasteiger partial charge is 0.0983 e. The van der Waals surface area contributed by atoms with Crippen LogP contribution in [0.4, 0.5) is 0 Å². The van der Waals surface area contributed by atoms with Crippen LogP contribution in [0.15, 0.2) is 24.5 Å². The Morgan fingerprint density at radius 3 is 2.88 bits per heavy atom. The SMILES string of the molecule is COC1(C(O)Cc2cccnc2)CCOCC1. The van der Waals surface area contributed by atoms with Gasteiger partial charge in [-0.25, -0.2) is 0 Å². The highest BCUT2D eigenvalue weighted by atomic mass is 16.5. The molecule has 4 nitrogen and oxygen atoms in total. The van der Waals surface area contributed by atoms with E-state index >= 15 is 0 Å². The molecule has 0 aliphatic carbocycles. The van der Waals surface area contributed by atoms with Crippen molar-refractivity contribution in [3.8, 4) is 0 Å². The van der Waals surface area contributed by atoms with E-state index in [-0.39, 0.29) is 0 Å². The lowest BCUT2D eigenvalue weighted by Gasteiger charge is -2.39. The van der Waals surface area contributed by atoms with E-state index in [1.807, 2.05) is 12.1 Å². The van der Waals surface area contributed by atoms with Gasteiger partial charge in [-0.2, -0.15) is 0 Å². The molecular weight excluding hydrogens is 218 g/mol. The van der Waals surface area contributed by atoms with Crippen molar-refractivity contribution in [3.63, 3.8) is 0 Å². The second-order valence-corrected chi connectivity index (χ2v) is 4.46. The van der Waals surface area contributed by atoms with E-state index in [1.165, 1.54) is 0 Å². The Bertz CT molecular complexity index is 336. The fourth-order valence-corrected chi connectivity index (χ4v) is 2.32. The number of rotatable bonds is 4. The molecule has 94 valence electrons. The minimum Gasteiger partial charge on any atom is -0.390 e. The van der Waals surface area contributed by atoms with E-state index in [1.54, 1.807) is 19.5 Å². The lowest BCUT2D eigenvalue weighted by molar-refractivity contribution is -0.151. The van der Waals surface area contributed by atoms with E-state index in [9.17, 15) is 5.11 Å². The first-order valence-corrected chi connectivity index (χ1v) is 5.97. The van der Waals surface area contributed by atoms with Crippen LogP contribution in [0.2, 0.25) is 0 Å². The van der Waals surface area contributed by atoms with Gasteiger partial charge in [0.15, 0.2) is 0 Å². The monoisotopic (exact) mass is 237 g/mol. The summed E-state index contributed by atoms with van der Waals surface area (Å²) in [6, 6.07) is 3.85. The Morgan fingerprint density at radius 2 is 2.29 bits per heavy atom. The largest absolute Gasteiger partial charge is 0.390 e. The normalized spacial score (nSPS) is 21.1. The van der Waals surface area contributed by atoms with E-state index in [4.69, 9.17) is 9.47 Å². The van der Waals surface area contributed by atoms with Crippen LogP contribution in [0.3, 0.4) is 0 Å². The highest BCUT2D eigenvalue weighted by Gasteiger charge is 2.39. The van der Waals surface area contributed by atoms with Crippen molar-refractivity contribution in [1.29, 1.82) is 0 Å². The van der Waals surface area contributed by atoms with Gasteiger partial charge >= 0.3 is 0 Å². The number of aromatic nitrogens is 1. The molecule has 0 bridgehead atoms. The molecule has 1 aromatic rings. The van der Waals surface area contributed by atoms with Crippen molar-refractivity contribution in [2.24, 2.45) is 0 Å². The highest BCUT2D eigenvalue weighted by Crippen LogP contribution is 2.29. The zero-order chi connectivity index (χ0) is 12.1. The molecule has 1 unspecified atom stereocenters. The van der Waals surface area contributed by atoms with Crippen molar-refractivity contribution >= 4 is 0 Å². The molecule has 4 heteroatoms. The molecule has 1 aliphatic heterocycles. The zero-order valence-corrected chi connectivity index (χ0v) is 10.1. The number of pyridine rings is 1. The third-order valence-corrected chi connectivity index (χ3v) is 3.50. The number of aliphatic hydroxyl groups is 1. The van der Waals surface area contributed by atoms with Crippen LogP contribution in [0.1, 0.15) is 18.4 Å². The van der Waals surface area contributed by atoms with E-state index in [2.05, 4.69) is 4.98 Å². The maximum Gasteiger partial charge on any atom is 0.0983 e. The molecule has 0 spiro atoms. The Morgan fingerprint density at radius 1 is 1.53 bits per heavy atom. The summed E-state index contributed by atoms with van der Waals surface area (Å²) in [5, 5.41) is 10.4. The summed E-state index contributed by atoms with van der Waals surface area (Å²) in [5.41, 5.74) is 0.566.